The second kappa shape index (κ2) is 6.03. The van der Waals surface area contributed by atoms with Crippen LogP contribution in [0.1, 0.15) is 33.6 Å². The van der Waals surface area contributed by atoms with Gasteiger partial charge in [-0.3, -0.25) is 14.9 Å². The van der Waals surface area contributed by atoms with Gasteiger partial charge in [-0.05, 0) is 33.6 Å². The zero-order chi connectivity index (χ0) is 15.6. The van der Waals surface area contributed by atoms with Gasteiger partial charge in [-0.2, -0.15) is 5.10 Å². The van der Waals surface area contributed by atoms with E-state index in [1.54, 1.807) is 24.7 Å². The molecule has 0 aliphatic carbocycles. The van der Waals surface area contributed by atoms with E-state index < -0.39 is 5.60 Å². The van der Waals surface area contributed by atoms with Gasteiger partial charge in [0.1, 0.15) is 0 Å². The second-order valence-electron chi connectivity index (χ2n) is 6.49. The molecular formula is C14H25N5O2. The van der Waals surface area contributed by atoms with Gasteiger partial charge in [0.15, 0.2) is 0 Å². The average Bonchev–Trinajstić information content (AvgIpc) is 2.84. The molecule has 0 saturated carbocycles. The Bertz CT molecular complexity index is 494. The lowest BCUT2D eigenvalue weighted by atomic mass is 9.92. The highest BCUT2D eigenvalue weighted by molar-refractivity contribution is 5.79. The van der Waals surface area contributed by atoms with E-state index in [0.29, 0.717) is 19.1 Å². The number of rotatable bonds is 4. The summed E-state index contributed by atoms with van der Waals surface area (Å²) in [7, 11) is 0. The van der Waals surface area contributed by atoms with Crippen molar-refractivity contribution in [3.05, 3.63) is 12.4 Å². The zero-order valence-electron chi connectivity index (χ0n) is 12.9. The summed E-state index contributed by atoms with van der Waals surface area (Å²) in [6, 6.07) is 0.353. The van der Waals surface area contributed by atoms with Crippen molar-refractivity contribution in [1.82, 2.24) is 15.2 Å². The highest BCUT2D eigenvalue weighted by Crippen LogP contribution is 2.27. The predicted molar refractivity (Wildman–Crippen MR) is 80.4 cm³/mol. The molecule has 0 bridgehead atoms. The zero-order valence-corrected chi connectivity index (χ0v) is 12.9. The molecule has 4 N–H and O–H groups in total. The number of piperidine rings is 1. The van der Waals surface area contributed by atoms with Crippen LogP contribution in [0.5, 0.6) is 0 Å². The van der Waals surface area contributed by atoms with Crippen molar-refractivity contribution in [1.29, 1.82) is 0 Å². The molecule has 21 heavy (non-hydrogen) atoms. The van der Waals surface area contributed by atoms with Gasteiger partial charge in [-0.15, -0.1) is 0 Å². The molecule has 1 aliphatic rings. The van der Waals surface area contributed by atoms with E-state index >= 15 is 0 Å². The Balaban J connectivity index is 2.10. The number of nitrogens with two attached hydrogens (primary N) is 1. The number of hydrogen-bond donors (Lipinski definition) is 3. The van der Waals surface area contributed by atoms with Gasteiger partial charge in [-0.25, -0.2) is 5.84 Å². The first-order chi connectivity index (χ1) is 9.80. The molecule has 2 atom stereocenters. The van der Waals surface area contributed by atoms with Crippen molar-refractivity contribution in [3.63, 3.8) is 0 Å². The van der Waals surface area contributed by atoms with Crippen LogP contribution in [0.25, 0.3) is 0 Å². The van der Waals surface area contributed by atoms with Crippen molar-refractivity contribution in [2.75, 3.05) is 11.4 Å². The number of hydrazine groups is 1. The molecule has 1 aliphatic heterocycles. The van der Waals surface area contributed by atoms with Gasteiger partial charge < -0.3 is 10.0 Å². The molecule has 1 amide bonds. The Kier molecular flexibility index (Phi) is 4.53. The fourth-order valence-electron chi connectivity index (χ4n) is 2.78. The van der Waals surface area contributed by atoms with E-state index in [0.717, 1.165) is 18.5 Å². The van der Waals surface area contributed by atoms with Crippen molar-refractivity contribution in [2.24, 2.45) is 11.8 Å². The molecule has 1 aromatic rings. The maximum Gasteiger partial charge on any atom is 0.238 e. The first-order valence-electron chi connectivity index (χ1n) is 7.32. The largest absolute Gasteiger partial charge is 0.389 e. The van der Waals surface area contributed by atoms with Gasteiger partial charge >= 0.3 is 0 Å². The first kappa shape index (κ1) is 15.8. The van der Waals surface area contributed by atoms with E-state index in [9.17, 15) is 9.90 Å². The number of aromatic nitrogens is 2. The summed E-state index contributed by atoms with van der Waals surface area (Å²) < 4.78 is 1.73. The third kappa shape index (κ3) is 3.95. The van der Waals surface area contributed by atoms with Crippen LogP contribution in [0.4, 0.5) is 5.69 Å². The maximum atomic E-state index is 11.7. The summed E-state index contributed by atoms with van der Waals surface area (Å²) >= 11 is 0. The maximum absolute atomic E-state index is 11.7. The number of nitrogens with zero attached hydrogens (tertiary/aromatic N) is 3. The van der Waals surface area contributed by atoms with Gasteiger partial charge in [-0.1, -0.05) is 0 Å². The lowest BCUT2D eigenvalue weighted by molar-refractivity contribution is -0.125. The van der Waals surface area contributed by atoms with Crippen molar-refractivity contribution in [3.8, 4) is 0 Å². The van der Waals surface area contributed by atoms with Crippen molar-refractivity contribution in [2.45, 2.75) is 51.8 Å². The van der Waals surface area contributed by atoms with Crippen LogP contribution >= 0.6 is 0 Å². The van der Waals surface area contributed by atoms with E-state index in [4.69, 9.17) is 5.84 Å². The second-order valence-corrected chi connectivity index (χ2v) is 6.49. The molecule has 0 radical (unpaired) electrons. The van der Waals surface area contributed by atoms with Crippen LogP contribution in [-0.2, 0) is 11.3 Å². The van der Waals surface area contributed by atoms with Crippen molar-refractivity contribution < 1.29 is 9.90 Å². The molecular weight excluding hydrogens is 270 g/mol. The average molecular weight is 295 g/mol. The minimum Gasteiger partial charge on any atom is -0.389 e. The summed E-state index contributed by atoms with van der Waals surface area (Å²) in [5, 5.41) is 14.1. The Morgan fingerprint density at radius 1 is 1.57 bits per heavy atom. The Morgan fingerprint density at radius 3 is 2.90 bits per heavy atom. The van der Waals surface area contributed by atoms with Crippen LogP contribution in [-0.4, -0.2) is 39.0 Å². The van der Waals surface area contributed by atoms with Crippen LogP contribution in [0, 0.1) is 5.92 Å². The highest BCUT2D eigenvalue weighted by atomic mass is 16.3. The first-order valence-corrected chi connectivity index (χ1v) is 7.32. The smallest absolute Gasteiger partial charge is 0.238 e. The Morgan fingerprint density at radius 2 is 2.29 bits per heavy atom. The SMILES string of the molecule is C[C@H]1CC[C@@H](C(=O)NN)CN1c1cnn(CC(C)(C)O)c1. The quantitative estimate of drug-likeness (QED) is 0.420. The third-order valence-electron chi connectivity index (χ3n) is 3.90. The number of aliphatic hydroxyl groups is 1. The molecule has 118 valence electrons. The summed E-state index contributed by atoms with van der Waals surface area (Å²) in [5.41, 5.74) is 2.40. The number of hydrogen-bond acceptors (Lipinski definition) is 5. The van der Waals surface area contributed by atoms with Gasteiger partial charge in [0.05, 0.1) is 29.9 Å². The molecule has 7 heteroatoms. The van der Waals surface area contributed by atoms with E-state index in [-0.39, 0.29) is 11.8 Å². The molecule has 2 rings (SSSR count). The normalized spacial score (nSPS) is 23.2. The summed E-state index contributed by atoms with van der Waals surface area (Å²) in [6.45, 7) is 6.71. The molecule has 0 spiro atoms. The molecule has 2 heterocycles. The Hall–Kier alpha value is -1.60. The lowest BCUT2D eigenvalue weighted by Crippen LogP contribution is -2.48. The van der Waals surface area contributed by atoms with Crippen LogP contribution in [0.3, 0.4) is 0 Å². The fraction of sp³-hybridized carbons (Fsp3) is 0.714. The molecule has 0 aromatic carbocycles. The summed E-state index contributed by atoms with van der Waals surface area (Å²) in [4.78, 5) is 13.9. The lowest BCUT2D eigenvalue weighted by Gasteiger charge is -2.38. The fourth-order valence-corrected chi connectivity index (χ4v) is 2.78. The van der Waals surface area contributed by atoms with Crippen LogP contribution in [0.15, 0.2) is 12.4 Å². The number of carbonyl (C=O) groups is 1. The molecule has 1 fully saturated rings. The summed E-state index contributed by atoms with van der Waals surface area (Å²) in [6.07, 6.45) is 5.48. The standard InChI is InChI=1S/C14H25N5O2/c1-10-4-5-11(13(20)17-15)7-19(10)12-6-16-18(8-12)9-14(2,3)21/h6,8,10-11,21H,4-5,7,9,15H2,1-3H3,(H,17,20)/t10-,11+/m0/s1. The van der Waals surface area contributed by atoms with E-state index in [1.807, 2.05) is 6.20 Å². The number of nitrogens with one attached hydrogen (secondary N) is 1. The minimum atomic E-state index is -0.807. The predicted octanol–water partition coefficient (Wildman–Crippen LogP) is 0.249. The third-order valence-corrected chi connectivity index (χ3v) is 3.90. The number of amides is 1. The topological polar surface area (TPSA) is 96.4 Å². The van der Waals surface area contributed by atoms with E-state index in [1.165, 1.54) is 0 Å². The monoisotopic (exact) mass is 295 g/mol. The van der Waals surface area contributed by atoms with Gasteiger partial charge in [0.25, 0.3) is 0 Å². The van der Waals surface area contributed by atoms with E-state index in [2.05, 4.69) is 22.3 Å². The van der Waals surface area contributed by atoms with Crippen molar-refractivity contribution >= 4 is 11.6 Å². The number of anilines is 1. The highest BCUT2D eigenvalue weighted by Gasteiger charge is 2.30. The molecule has 1 aromatic heterocycles. The summed E-state index contributed by atoms with van der Waals surface area (Å²) in [5.74, 6) is 5.02. The minimum absolute atomic E-state index is 0.0937. The van der Waals surface area contributed by atoms with Crippen LogP contribution < -0.4 is 16.2 Å². The molecule has 7 nitrogen and oxygen atoms in total. The molecule has 1 saturated heterocycles. The molecule has 0 unspecified atom stereocenters. The van der Waals surface area contributed by atoms with Gasteiger partial charge in [0.2, 0.25) is 5.91 Å². The Labute approximate surface area is 125 Å². The van der Waals surface area contributed by atoms with Gasteiger partial charge in [0, 0.05) is 18.8 Å². The van der Waals surface area contributed by atoms with Crippen LogP contribution in [0.2, 0.25) is 0 Å². The number of carbonyl (C=O) groups excluding carboxylic acids is 1.